The maximum Gasteiger partial charge on any atom is 0.0644 e. The predicted octanol–water partition coefficient (Wildman–Crippen LogP) is 2.87. The van der Waals surface area contributed by atoms with Crippen LogP contribution in [0.1, 0.15) is 48.0 Å². The number of likely N-dealkylation sites (N-methyl/N-ethyl adjacent to an activating group) is 3. The lowest BCUT2D eigenvalue weighted by Crippen LogP contribution is -2.42. The molecular weight excluding hydrogens is 336 g/mol. The summed E-state index contributed by atoms with van der Waals surface area (Å²) in [6, 6.07) is 0. The van der Waals surface area contributed by atoms with Crippen molar-refractivity contribution < 1.29 is 5.11 Å². The third kappa shape index (κ3) is 14.2. The number of piperidine rings is 1. The van der Waals surface area contributed by atoms with Crippen LogP contribution in [0.25, 0.3) is 0 Å². The summed E-state index contributed by atoms with van der Waals surface area (Å²) < 4.78 is 0. The molecule has 0 radical (unpaired) electrons. The molecule has 0 aliphatic carbocycles. The molecule has 0 unspecified atom stereocenters. The zero-order chi connectivity index (χ0) is 18.9. The molecular formula is C22H50N4O. The van der Waals surface area contributed by atoms with Gasteiger partial charge < -0.3 is 24.7 Å². The van der Waals surface area contributed by atoms with Crippen molar-refractivity contribution in [1.82, 2.24) is 19.6 Å². The first kappa shape index (κ1) is 28.7. The Morgan fingerprint density at radius 2 is 1.15 bits per heavy atom. The Morgan fingerprint density at radius 3 is 1.44 bits per heavy atom. The van der Waals surface area contributed by atoms with E-state index in [2.05, 4.69) is 60.8 Å². The van der Waals surface area contributed by atoms with Crippen molar-refractivity contribution in [2.45, 2.75) is 53.6 Å². The molecule has 0 bridgehead atoms. The number of hydrogen-bond donors (Lipinski definition) is 1. The molecule has 0 spiro atoms. The first-order valence-corrected chi connectivity index (χ1v) is 9.80. The first-order valence-electron chi connectivity index (χ1n) is 9.80. The van der Waals surface area contributed by atoms with Crippen molar-refractivity contribution >= 4 is 0 Å². The summed E-state index contributed by atoms with van der Waals surface area (Å²) >= 11 is 0. The van der Waals surface area contributed by atoms with Crippen molar-refractivity contribution in [3.63, 3.8) is 0 Å². The van der Waals surface area contributed by atoms with Crippen LogP contribution in [0.2, 0.25) is 0 Å². The molecule has 3 rings (SSSR count). The van der Waals surface area contributed by atoms with Gasteiger partial charge >= 0.3 is 0 Å². The van der Waals surface area contributed by atoms with Gasteiger partial charge in [-0.1, -0.05) is 26.5 Å². The zero-order valence-electron chi connectivity index (χ0n) is 17.6. The van der Waals surface area contributed by atoms with E-state index in [1.165, 1.54) is 39.1 Å². The van der Waals surface area contributed by atoms with E-state index in [4.69, 9.17) is 0 Å². The number of hydrogen-bond acceptors (Lipinski definition) is 5. The molecule has 0 amide bonds. The second-order valence-electron chi connectivity index (χ2n) is 8.47. The fourth-order valence-corrected chi connectivity index (χ4v) is 2.88. The smallest absolute Gasteiger partial charge is 0.0644 e. The predicted molar refractivity (Wildman–Crippen MR) is 122 cm³/mol. The highest BCUT2D eigenvalue weighted by Crippen LogP contribution is 2.19. The molecule has 1 N–H and O–H groups in total. The third-order valence-corrected chi connectivity index (χ3v) is 5.43. The molecule has 0 aromatic carbocycles. The van der Waals surface area contributed by atoms with Gasteiger partial charge in [0.2, 0.25) is 0 Å². The molecule has 0 aromatic heterocycles. The van der Waals surface area contributed by atoms with Crippen LogP contribution < -0.4 is 0 Å². The standard InChI is InChI=1S/C7H15NO.C7H13N.C6H14N2.2CH4/c1-7(9)3-5-8(2)6-4-7;2*1-7-3-5-8(2)6-4-7;;/h9H,3-6H2,1-2H3;3H,4-6H2,1-2H3;3-6H2,1-2H3;2*1H4. The lowest BCUT2D eigenvalue weighted by Gasteiger charge is -2.33. The van der Waals surface area contributed by atoms with Crippen molar-refractivity contribution in [2.24, 2.45) is 0 Å². The Balaban J connectivity index is 0. The molecule has 0 atom stereocenters. The molecule has 5 heteroatoms. The highest BCUT2D eigenvalue weighted by molar-refractivity contribution is 5.02. The van der Waals surface area contributed by atoms with Crippen molar-refractivity contribution in [1.29, 1.82) is 0 Å². The molecule has 3 aliphatic rings. The Bertz CT molecular complexity index is 370. The van der Waals surface area contributed by atoms with E-state index >= 15 is 0 Å². The highest BCUT2D eigenvalue weighted by Gasteiger charge is 2.25. The van der Waals surface area contributed by atoms with Crippen molar-refractivity contribution in [3.8, 4) is 0 Å². The van der Waals surface area contributed by atoms with Crippen LogP contribution in [-0.4, -0.2) is 111 Å². The molecule has 2 saturated heterocycles. The molecule has 0 aromatic rings. The van der Waals surface area contributed by atoms with Gasteiger partial charge in [-0.15, -0.1) is 0 Å². The maximum absolute atomic E-state index is 9.47. The largest absolute Gasteiger partial charge is 0.390 e. The molecule has 3 heterocycles. The second-order valence-corrected chi connectivity index (χ2v) is 8.47. The normalized spacial score (nSPS) is 24.0. The molecule has 5 nitrogen and oxygen atoms in total. The van der Waals surface area contributed by atoms with E-state index in [1.807, 2.05) is 6.92 Å². The minimum absolute atomic E-state index is 0. The van der Waals surface area contributed by atoms with Crippen LogP contribution in [0.3, 0.4) is 0 Å². The van der Waals surface area contributed by atoms with E-state index < -0.39 is 0 Å². The van der Waals surface area contributed by atoms with Crippen LogP contribution in [0.5, 0.6) is 0 Å². The van der Waals surface area contributed by atoms with Gasteiger partial charge in [0.1, 0.15) is 0 Å². The van der Waals surface area contributed by atoms with Gasteiger partial charge in [0.25, 0.3) is 0 Å². The van der Waals surface area contributed by atoms with Gasteiger partial charge in [-0.25, -0.2) is 0 Å². The SMILES string of the molecule is C.C.CC1=CCN(C)CC1.CN1CCC(C)(O)CC1.CN1CCN(C)CC1. The molecule has 27 heavy (non-hydrogen) atoms. The summed E-state index contributed by atoms with van der Waals surface area (Å²) in [5.74, 6) is 0. The van der Waals surface area contributed by atoms with Gasteiger partial charge in [0, 0.05) is 52.4 Å². The quantitative estimate of drug-likeness (QED) is 0.648. The van der Waals surface area contributed by atoms with E-state index in [0.717, 1.165) is 32.5 Å². The highest BCUT2D eigenvalue weighted by atomic mass is 16.3. The Kier molecular flexibility index (Phi) is 15.5. The van der Waals surface area contributed by atoms with Crippen LogP contribution in [-0.2, 0) is 0 Å². The lowest BCUT2D eigenvalue weighted by molar-refractivity contribution is 0.000999. The Labute approximate surface area is 171 Å². The molecule has 2 fully saturated rings. The van der Waals surface area contributed by atoms with Crippen LogP contribution >= 0.6 is 0 Å². The lowest BCUT2D eigenvalue weighted by atomic mass is 9.94. The zero-order valence-corrected chi connectivity index (χ0v) is 17.6. The van der Waals surface area contributed by atoms with Crippen LogP contribution in [0.4, 0.5) is 0 Å². The number of nitrogens with zero attached hydrogens (tertiary/aromatic N) is 4. The van der Waals surface area contributed by atoms with E-state index in [9.17, 15) is 5.11 Å². The van der Waals surface area contributed by atoms with Gasteiger partial charge in [-0.3, -0.25) is 0 Å². The van der Waals surface area contributed by atoms with Crippen LogP contribution in [0, 0.1) is 0 Å². The molecule has 164 valence electrons. The fraction of sp³-hybridized carbons (Fsp3) is 0.909. The van der Waals surface area contributed by atoms with E-state index in [1.54, 1.807) is 5.57 Å². The summed E-state index contributed by atoms with van der Waals surface area (Å²) in [4.78, 5) is 9.30. The summed E-state index contributed by atoms with van der Waals surface area (Å²) in [7, 11) is 8.60. The summed E-state index contributed by atoms with van der Waals surface area (Å²) in [5, 5.41) is 9.47. The second kappa shape index (κ2) is 14.5. The number of rotatable bonds is 0. The fourth-order valence-electron chi connectivity index (χ4n) is 2.88. The van der Waals surface area contributed by atoms with Crippen molar-refractivity contribution in [3.05, 3.63) is 11.6 Å². The average molecular weight is 387 g/mol. The van der Waals surface area contributed by atoms with Gasteiger partial charge in [0.05, 0.1) is 5.60 Å². The maximum atomic E-state index is 9.47. The molecule has 3 aliphatic heterocycles. The average Bonchev–Trinajstić information content (AvgIpc) is 2.57. The Morgan fingerprint density at radius 1 is 0.741 bits per heavy atom. The van der Waals surface area contributed by atoms with Crippen LogP contribution in [0.15, 0.2) is 11.6 Å². The third-order valence-electron chi connectivity index (χ3n) is 5.43. The summed E-state index contributed by atoms with van der Waals surface area (Å²) in [5.41, 5.74) is 1.16. The van der Waals surface area contributed by atoms with Crippen molar-refractivity contribution in [2.75, 3.05) is 80.5 Å². The first-order chi connectivity index (χ1) is 11.7. The minimum atomic E-state index is -0.382. The summed E-state index contributed by atoms with van der Waals surface area (Å²) in [6.07, 6.45) is 5.40. The number of piperazine rings is 1. The topological polar surface area (TPSA) is 33.2 Å². The summed E-state index contributed by atoms with van der Waals surface area (Å²) in [6.45, 7) is 13.5. The van der Waals surface area contributed by atoms with E-state index in [-0.39, 0.29) is 20.5 Å². The number of likely N-dealkylation sites (tertiary alicyclic amines) is 1. The van der Waals surface area contributed by atoms with Gasteiger partial charge in [-0.05, 0) is 61.3 Å². The minimum Gasteiger partial charge on any atom is -0.390 e. The Hall–Kier alpha value is -0.460. The van der Waals surface area contributed by atoms with Gasteiger partial charge in [0.15, 0.2) is 0 Å². The number of aliphatic hydroxyl groups is 1. The monoisotopic (exact) mass is 386 g/mol. The molecule has 0 saturated carbocycles. The van der Waals surface area contributed by atoms with E-state index in [0.29, 0.717) is 0 Å². The van der Waals surface area contributed by atoms with Gasteiger partial charge in [-0.2, -0.15) is 0 Å².